The second kappa shape index (κ2) is 6.21. The van der Waals surface area contributed by atoms with Gasteiger partial charge in [-0.05, 0) is 27.2 Å². The molecule has 1 aromatic rings. The maximum absolute atomic E-state index is 12.0. The first kappa shape index (κ1) is 16.7. The molecule has 0 saturated heterocycles. The van der Waals surface area contributed by atoms with Crippen LogP contribution in [-0.2, 0) is 6.42 Å². The quantitative estimate of drug-likeness (QED) is 0.780. The third-order valence-corrected chi connectivity index (χ3v) is 4.42. The standard InChI is InChI=1S/C14H22N4O3S/c1-8(19)5-6-18(4)13(21)16-12-15-9-7-14(2,3)17-11(20)10(9)22-12/h8,19H,5-7H2,1-4H3,(H,17,20)(H,15,16,21). The van der Waals surface area contributed by atoms with Gasteiger partial charge in [-0.15, -0.1) is 0 Å². The van der Waals surface area contributed by atoms with Crippen LogP contribution in [0.4, 0.5) is 9.93 Å². The van der Waals surface area contributed by atoms with E-state index < -0.39 is 6.10 Å². The smallest absolute Gasteiger partial charge is 0.323 e. The van der Waals surface area contributed by atoms with E-state index in [9.17, 15) is 14.7 Å². The van der Waals surface area contributed by atoms with Crippen LogP contribution in [0.2, 0.25) is 0 Å². The van der Waals surface area contributed by atoms with E-state index in [1.807, 2.05) is 13.8 Å². The molecule has 0 radical (unpaired) electrons. The molecule has 22 heavy (non-hydrogen) atoms. The fraction of sp³-hybridized carbons (Fsp3) is 0.643. The van der Waals surface area contributed by atoms with Crippen LogP contribution in [0.25, 0.3) is 0 Å². The normalized spacial score (nSPS) is 17.4. The Morgan fingerprint density at radius 2 is 2.27 bits per heavy atom. The van der Waals surface area contributed by atoms with E-state index in [0.717, 1.165) is 5.69 Å². The molecule has 8 heteroatoms. The molecule has 1 aromatic heterocycles. The number of amides is 3. The Kier molecular flexibility index (Phi) is 4.72. The van der Waals surface area contributed by atoms with Crippen molar-refractivity contribution < 1.29 is 14.7 Å². The van der Waals surface area contributed by atoms with Gasteiger partial charge in [0.15, 0.2) is 5.13 Å². The number of urea groups is 1. The summed E-state index contributed by atoms with van der Waals surface area (Å²) in [6, 6.07) is -0.300. The van der Waals surface area contributed by atoms with Gasteiger partial charge in [-0.25, -0.2) is 9.78 Å². The number of carbonyl (C=O) groups excluding carboxylic acids is 2. The Morgan fingerprint density at radius 3 is 2.91 bits per heavy atom. The lowest BCUT2D eigenvalue weighted by molar-refractivity contribution is 0.0900. The average Bonchev–Trinajstić information content (AvgIpc) is 2.76. The molecule has 0 saturated carbocycles. The van der Waals surface area contributed by atoms with Crippen molar-refractivity contribution >= 4 is 28.4 Å². The molecule has 122 valence electrons. The topological polar surface area (TPSA) is 94.6 Å². The monoisotopic (exact) mass is 326 g/mol. The summed E-state index contributed by atoms with van der Waals surface area (Å²) in [7, 11) is 1.65. The lowest BCUT2D eigenvalue weighted by Gasteiger charge is -2.29. The van der Waals surface area contributed by atoms with Gasteiger partial charge >= 0.3 is 6.03 Å². The van der Waals surface area contributed by atoms with E-state index in [1.54, 1.807) is 14.0 Å². The summed E-state index contributed by atoms with van der Waals surface area (Å²) in [5.74, 6) is -0.147. The van der Waals surface area contributed by atoms with Crippen LogP contribution < -0.4 is 10.6 Å². The summed E-state index contributed by atoms with van der Waals surface area (Å²) in [4.78, 5) is 30.5. The van der Waals surface area contributed by atoms with E-state index in [4.69, 9.17) is 0 Å². The van der Waals surface area contributed by atoms with Crippen LogP contribution in [0, 0.1) is 0 Å². The largest absolute Gasteiger partial charge is 0.393 e. The van der Waals surface area contributed by atoms with Gasteiger partial charge in [0.25, 0.3) is 5.91 Å². The number of aliphatic hydroxyl groups is 1. The van der Waals surface area contributed by atoms with Gasteiger partial charge in [0.2, 0.25) is 0 Å². The lowest BCUT2D eigenvalue weighted by atomic mass is 9.94. The van der Waals surface area contributed by atoms with Gasteiger partial charge in [-0.2, -0.15) is 0 Å². The van der Waals surface area contributed by atoms with E-state index in [2.05, 4.69) is 15.6 Å². The van der Waals surface area contributed by atoms with Crippen molar-refractivity contribution in [2.24, 2.45) is 0 Å². The molecule has 0 fully saturated rings. The maximum atomic E-state index is 12.0. The zero-order valence-electron chi connectivity index (χ0n) is 13.3. The highest BCUT2D eigenvalue weighted by atomic mass is 32.1. The predicted molar refractivity (Wildman–Crippen MR) is 85.3 cm³/mol. The number of hydrogen-bond acceptors (Lipinski definition) is 5. The number of thiazole rings is 1. The zero-order valence-corrected chi connectivity index (χ0v) is 14.1. The van der Waals surface area contributed by atoms with Gasteiger partial charge in [-0.3, -0.25) is 10.1 Å². The van der Waals surface area contributed by atoms with Gasteiger partial charge in [0, 0.05) is 25.6 Å². The number of aromatic nitrogens is 1. The lowest BCUT2D eigenvalue weighted by Crippen LogP contribution is -2.48. The third kappa shape index (κ3) is 3.95. The van der Waals surface area contributed by atoms with Crippen LogP contribution in [0.3, 0.4) is 0 Å². The van der Waals surface area contributed by atoms with Gasteiger partial charge in [0.05, 0.1) is 11.8 Å². The Labute approximate surface area is 133 Å². The number of hydrogen-bond donors (Lipinski definition) is 3. The number of anilines is 1. The van der Waals surface area contributed by atoms with Crippen LogP contribution in [0.1, 0.15) is 42.6 Å². The molecule has 3 N–H and O–H groups in total. The minimum absolute atomic E-state index is 0.147. The van der Waals surface area contributed by atoms with Crippen molar-refractivity contribution in [2.45, 2.75) is 45.3 Å². The summed E-state index contributed by atoms with van der Waals surface area (Å²) in [5, 5.41) is 15.3. The van der Waals surface area contributed by atoms with E-state index in [1.165, 1.54) is 16.2 Å². The minimum atomic E-state index is -0.451. The number of carbonyl (C=O) groups is 2. The molecule has 0 spiro atoms. The molecule has 3 amide bonds. The molecular weight excluding hydrogens is 304 g/mol. The first-order valence-electron chi connectivity index (χ1n) is 7.20. The van der Waals surface area contributed by atoms with Crippen molar-refractivity contribution in [3.8, 4) is 0 Å². The van der Waals surface area contributed by atoms with E-state index >= 15 is 0 Å². The van der Waals surface area contributed by atoms with Gasteiger partial charge in [-0.1, -0.05) is 11.3 Å². The molecule has 0 aromatic carbocycles. The highest BCUT2D eigenvalue weighted by Gasteiger charge is 2.33. The second-order valence-corrected chi connectivity index (χ2v) is 7.30. The first-order valence-corrected chi connectivity index (χ1v) is 8.02. The summed E-state index contributed by atoms with van der Waals surface area (Å²) in [6.07, 6.45) is 0.695. The highest BCUT2D eigenvalue weighted by molar-refractivity contribution is 7.17. The fourth-order valence-corrected chi connectivity index (χ4v) is 3.07. The van der Waals surface area contributed by atoms with Crippen molar-refractivity contribution in [3.05, 3.63) is 10.6 Å². The summed E-state index contributed by atoms with van der Waals surface area (Å²) >= 11 is 1.18. The van der Waals surface area contributed by atoms with Crippen LogP contribution >= 0.6 is 11.3 Å². The third-order valence-electron chi connectivity index (χ3n) is 3.41. The zero-order chi connectivity index (χ0) is 16.5. The fourth-order valence-electron chi connectivity index (χ4n) is 2.20. The van der Waals surface area contributed by atoms with Crippen LogP contribution in [0.5, 0.6) is 0 Å². The molecule has 7 nitrogen and oxygen atoms in total. The molecule has 1 atom stereocenters. The van der Waals surface area contributed by atoms with Crippen molar-refractivity contribution in [2.75, 3.05) is 18.9 Å². The molecule has 0 aliphatic carbocycles. The summed E-state index contributed by atoms with van der Waals surface area (Å²) < 4.78 is 0. The van der Waals surface area contributed by atoms with Crippen molar-refractivity contribution in [1.82, 2.24) is 15.2 Å². The molecule has 2 heterocycles. The Balaban J connectivity index is 2.03. The van der Waals surface area contributed by atoms with Crippen molar-refractivity contribution in [3.63, 3.8) is 0 Å². The summed E-state index contributed by atoms with van der Waals surface area (Å²) in [6.45, 7) is 6.01. The first-order chi connectivity index (χ1) is 10.2. The van der Waals surface area contributed by atoms with E-state index in [-0.39, 0.29) is 17.5 Å². The summed E-state index contributed by atoms with van der Waals surface area (Å²) in [5.41, 5.74) is 0.397. The van der Waals surface area contributed by atoms with Gasteiger partial charge in [0.1, 0.15) is 4.88 Å². The predicted octanol–water partition coefficient (Wildman–Crippen LogP) is 1.44. The Bertz CT molecular complexity index is 583. The Morgan fingerprint density at radius 1 is 1.59 bits per heavy atom. The van der Waals surface area contributed by atoms with Crippen LogP contribution in [-0.4, -0.2) is 52.2 Å². The number of nitrogens with one attached hydrogen (secondary N) is 2. The Hall–Kier alpha value is -1.67. The number of nitrogens with zero attached hydrogens (tertiary/aromatic N) is 2. The molecule has 1 unspecified atom stereocenters. The second-order valence-electron chi connectivity index (χ2n) is 6.30. The van der Waals surface area contributed by atoms with Crippen LogP contribution in [0.15, 0.2) is 0 Å². The molecule has 1 aliphatic heterocycles. The number of fused-ring (bicyclic) bond motifs is 1. The molecular formula is C14H22N4O3S. The number of rotatable bonds is 4. The molecule has 1 aliphatic rings. The minimum Gasteiger partial charge on any atom is -0.393 e. The molecule has 0 bridgehead atoms. The SMILES string of the molecule is CC(O)CCN(C)C(=O)Nc1nc2c(s1)C(=O)NC(C)(C)C2. The molecule has 2 rings (SSSR count). The maximum Gasteiger partial charge on any atom is 0.323 e. The van der Waals surface area contributed by atoms with Crippen molar-refractivity contribution in [1.29, 1.82) is 0 Å². The van der Waals surface area contributed by atoms with E-state index in [0.29, 0.717) is 29.4 Å². The van der Waals surface area contributed by atoms with Gasteiger partial charge < -0.3 is 15.3 Å². The number of aliphatic hydroxyl groups excluding tert-OH is 1. The average molecular weight is 326 g/mol. The highest BCUT2D eigenvalue weighted by Crippen LogP contribution is 2.30.